The number of furan rings is 1. The SMILES string of the molecule is Cc1cc(C(=O)NNC(=O)c2ccc(S(=O)(=O)N3CCOCC3)cc2)c(C)o1. The van der Waals surface area contributed by atoms with Crippen LogP contribution < -0.4 is 10.9 Å². The Morgan fingerprint density at radius 3 is 2.18 bits per heavy atom. The molecule has 9 nitrogen and oxygen atoms in total. The molecule has 0 saturated carbocycles. The van der Waals surface area contributed by atoms with Crippen LogP contribution in [-0.2, 0) is 14.8 Å². The second-order valence-corrected chi connectivity index (χ2v) is 8.21. The predicted octanol–water partition coefficient (Wildman–Crippen LogP) is 0.992. The van der Waals surface area contributed by atoms with E-state index in [9.17, 15) is 18.0 Å². The minimum Gasteiger partial charge on any atom is -0.466 e. The molecule has 0 radical (unpaired) electrons. The van der Waals surface area contributed by atoms with Crippen molar-refractivity contribution in [1.29, 1.82) is 0 Å². The van der Waals surface area contributed by atoms with Crippen LogP contribution in [0.4, 0.5) is 0 Å². The topological polar surface area (TPSA) is 118 Å². The fourth-order valence-electron chi connectivity index (χ4n) is 2.82. The molecule has 1 aliphatic rings. The Kier molecular flexibility index (Phi) is 5.82. The quantitative estimate of drug-likeness (QED) is 0.730. The summed E-state index contributed by atoms with van der Waals surface area (Å²) in [5.41, 5.74) is 5.14. The van der Waals surface area contributed by atoms with E-state index in [-0.39, 0.29) is 10.5 Å². The molecule has 0 unspecified atom stereocenters. The number of hydrogen-bond donors (Lipinski definition) is 2. The van der Waals surface area contributed by atoms with Crippen molar-refractivity contribution in [3.8, 4) is 0 Å². The number of carbonyl (C=O) groups excluding carboxylic acids is 2. The smallest absolute Gasteiger partial charge is 0.273 e. The summed E-state index contributed by atoms with van der Waals surface area (Å²) in [6.07, 6.45) is 0. The maximum atomic E-state index is 12.6. The summed E-state index contributed by atoms with van der Waals surface area (Å²) in [6, 6.07) is 7.09. The van der Waals surface area contributed by atoms with Gasteiger partial charge in [0.15, 0.2) is 0 Å². The van der Waals surface area contributed by atoms with Crippen molar-refractivity contribution in [1.82, 2.24) is 15.2 Å². The highest BCUT2D eigenvalue weighted by molar-refractivity contribution is 7.89. The third-order valence-corrected chi connectivity index (χ3v) is 6.21. The molecule has 3 rings (SSSR count). The Hall–Kier alpha value is -2.69. The number of aryl methyl sites for hydroxylation is 2. The van der Waals surface area contributed by atoms with E-state index in [0.29, 0.717) is 43.4 Å². The van der Waals surface area contributed by atoms with Crippen LogP contribution in [0.25, 0.3) is 0 Å². The Bertz CT molecular complexity index is 975. The average molecular weight is 407 g/mol. The molecule has 0 spiro atoms. The number of sulfonamides is 1. The number of amides is 2. The predicted molar refractivity (Wildman–Crippen MR) is 99.1 cm³/mol. The van der Waals surface area contributed by atoms with Crippen LogP contribution in [-0.4, -0.2) is 50.8 Å². The van der Waals surface area contributed by atoms with Gasteiger partial charge in [0, 0.05) is 18.7 Å². The van der Waals surface area contributed by atoms with Gasteiger partial charge in [0.25, 0.3) is 11.8 Å². The van der Waals surface area contributed by atoms with E-state index < -0.39 is 21.8 Å². The fourth-order valence-corrected chi connectivity index (χ4v) is 4.23. The van der Waals surface area contributed by atoms with Crippen molar-refractivity contribution in [2.75, 3.05) is 26.3 Å². The molecule has 150 valence electrons. The summed E-state index contributed by atoms with van der Waals surface area (Å²) in [6.45, 7) is 4.67. The van der Waals surface area contributed by atoms with E-state index in [0.717, 1.165) is 0 Å². The number of benzene rings is 1. The number of nitrogens with zero attached hydrogens (tertiary/aromatic N) is 1. The zero-order valence-electron chi connectivity index (χ0n) is 15.5. The van der Waals surface area contributed by atoms with Crippen molar-refractivity contribution in [3.63, 3.8) is 0 Å². The Labute approximate surface area is 162 Å². The molecule has 2 N–H and O–H groups in total. The number of morpholine rings is 1. The molecule has 10 heteroatoms. The van der Waals surface area contributed by atoms with Crippen LogP contribution in [0.2, 0.25) is 0 Å². The van der Waals surface area contributed by atoms with E-state index in [2.05, 4.69) is 10.9 Å². The summed E-state index contributed by atoms with van der Waals surface area (Å²) in [7, 11) is -3.63. The number of hydrazine groups is 1. The van der Waals surface area contributed by atoms with Gasteiger partial charge >= 0.3 is 0 Å². The number of carbonyl (C=O) groups is 2. The molecule has 1 aromatic heterocycles. The van der Waals surface area contributed by atoms with Crippen molar-refractivity contribution >= 4 is 21.8 Å². The zero-order chi connectivity index (χ0) is 20.3. The van der Waals surface area contributed by atoms with Crippen molar-refractivity contribution in [2.45, 2.75) is 18.7 Å². The van der Waals surface area contributed by atoms with E-state index in [4.69, 9.17) is 9.15 Å². The second kappa shape index (κ2) is 8.13. The van der Waals surface area contributed by atoms with Crippen molar-refractivity contribution < 1.29 is 27.2 Å². The molecule has 0 aliphatic carbocycles. The minimum absolute atomic E-state index is 0.0967. The third kappa shape index (κ3) is 4.24. The highest BCUT2D eigenvalue weighted by Crippen LogP contribution is 2.18. The summed E-state index contributed by atoms with van der Waals surface area (Å²) in [5, 5.41) is 0. The van der Waals surface area contributed by atoms with E-state index in [1.807, 2.05) is 0 Å². The molecule has 1 aliphatic heterocycles. The maximum absolute atomic E-state index is 12.6. The van der Waals surface area contributed by atoms with Crippen LogP contribution in [0.3, 0.4) is 0 Å². The molecule has 0 bridgehead atoms. The minimum atomic E-state index is -3.63. The highest BCUT2D eigenvalue weighted by atomic mass is 32.2. The number of ether oxygens (including phenoxy) is 1. The van der Waals surface area contributed by atoms with Gasteiger partial charge in [0.1, 0.15) is 11.5 Å². The number of nitrogens with one attached hydrogen (secondary N) is 2. The normalized spacial score (nSPS) is 15.2. The van der Waals surface area contributed by atoms with Crippen LogP contribution in [0.5, 0.6) is 0 Å². The van der Waals surface area contributed by atoms with Gasteiger partial charge in [-0.2, -0.15) is 4.31 Å². The lowest BCUT2D eigenvalue weighted by Gasteiger charge is -2.26. The van der Waals surface area contributed by atoms with E-state index in [1.165, 1.54) is 28.6 Å². The van der Waals surface area contributed by atoms with Gasteiger partial charge in [-0.15, -0.1) is 0 Å². The molecule has 1 aromatic carbocycles. The third-order valence-electron chi connectivity index (χ3n) is 4.30. The Balaban J connectivity index is 1.63. The molecule has 2 amide bonds. The Morgan fingerprint density at radius 1 is 1.00 bits per heavy atom. The summed E-state index contributed by atoms with van der Waals surface area (Å²) in [4.78, 5) is 24.4. The van der Waals surface area contributed by atoms with Crippen LogP contribution in [0.1, 0.15) is 32.2 Å². The largest absolute Gasteiger partial charge is 0.466 e. The average Bonchev–Trinajstić information content (AvgIpc) is 3.04. The maximum Gasteiger partial charge on any atom is 0.273 e. The van der Waals surface area contributed by atoms with Crippen molar-refractivity contribution in [3.05, 3.63) is 53.0 Å². The monoisotopic (exact) mass is 407 g/mol. The fraction of sp³-hybridized carbons (Fsp3) is 0.333. The first kappa shape index (κ1) is 20.1. The van der Waals surface area contributed by atoms with Crippen LogP contribution in [0, 0.1) is 13.8 Å². The highest BCUT2D eigenvalue weighted by Gasteiger charge is 2.26. The molecular formula is C18H21N3O6S. The zero-order valence-corrected chi connectivity index (χ0v) is 16.3. The van der Waals surface area contributed by atoms with Crippen LogP contribution >= 0.6 is 0 Å². The molecule has 2 heterocycles. The van der Waals surface area contributed by atoms with Gasteiger partial charge < -0.3 is 9.15 Å². The molecule has 2 aromatic rings. The molecule has 28 heavy (non-hydrogen) atoms. The van der Waals surface area contributed by atoms with Gasteiger partial charge in [0.05, 0.1) is 23.7 Å². The number of hydrogen-bond acceptors (Lipinski definition) is 6. The first-order valence-corrected chi connectivity index (χ1v) is 10.1. The van der Waals surface area contributed by atoms with Gasteiger partial charge in [-0.1, -0.05) is 0 Å². The standard InChI is InChI=1S/C18H21N3O6S/c1-12-11-16(13(2)27-12)18(23)20-19-17(22)14-3-5-15(6-4-14)28(24,25)21-7-9-26-10-8-21/h3-6,11H,7-10H2,1-2H3,(H,19,22)(H,20,23). The number of rotatable bonds is 4. The van der Waals surface area contributed by atoms with Crippen molar-refractivity contribution in [2.24, 2.45) is 0 Å². The first-order valence-electron chi connectivity index (χ1n) is 8.65. The van der Waals surface area contributed by atoms with Gasteiger partial charge in [-0.05, 0) is 44.2 Å². The second-order valence-electron chi connectivity index (χ2n) is 6.28. The van der Waals surface area contributed by atoms with E-state index >= 15 is 0 Å². The lowest BCUT2D eigenvalue weighted by Crippen LogP contribution is -2.42. The lowest BCUT2D eigenvalue weighted by atomic mass is 10.2. The Morgan fingerprint density at radius 2 is 1.61 bits per heavy atom. The first-order chi connectivity index (χ1) is 13.3. The molecule has 1 fully saturated rings. The molecular weight excluding hydrogens is 386 g/mol. The summed E-state index contributed by atoms with van der Waals surface area (Å²) < 4.78 is 37.0. The van der Waals surface area contributed by atoms with Crippen LogP contribution in [0.15, 0.2) is 39.6 Å². The van der Waals surface area contributed by atoms with E-state index in [1.54, 1.807) is 19.9 Å². The van der Waals surface area contributed by atoms with Gasteiger partial charge in [0.2, 0.25) is 10.0 Å². The van der Waals surface area contributed by atoms with Gasteiger partial charge in [-0.3, -0.25) is 20.4 Å². The summed E-state index contributed by atoms with van der Waals surface area (Å²) in [5.74, 6) is -0.0382. The van der Waals surface area contributed by atoms with Gasteiger partial charge in [-0.25, -0.2) is 8.42 Å². The molecule has 1 saturated heterocycles. The lowest BCUT2D eigenvalue weighted by molar-refractivity contribution is 0.0730. The molecule has 0 atom stereocenters. The summed E-state index contributed by atoms with van der Waals surface area (Å²) >= 11 is 0.